The molecule has 3 nitrogen and oxygen atoms in total. The molecule has 0 saturated carbocycles. The molecule has 1 aromatic rings. The Kier molecular flexibility index (Phi) is 5.58. The summed E-state index contributed by atoms with van der Waals surface area (Å²) in [6.45, 7) is 9.58. The molecule has 0 unspecified atom stereocenters. The van der Waals surface area contributed by atoms with E-state index in [1.165, 1.54) is 0 Å². The first-order valence-electron chi connectivity index (χ1n) is 7.32. The number of ketones is 1. The molecule has 0 amide bonds. The topological polar surface area (TPSA) is 23.6 Å². The normalized spacial score (nSPS) is 17.6. The number of benzene rings is 1. The predicted octanol–water partition coefficient (Wildman–Crippen LogP) is 2.94. The van der Waals surface area contributed by atoms with Gasteiger partial charge in [-0.15, -0.1) is 0 Å². The zero-order valence-corrected chi connectivity index (χ0v) is 13.1. The van der Waals surface area contributed by atoms with Crippen LogP contribution in [0, 0.1) is 0 Å². The fourth-order valence-electron chi connectivity index (χ4n) is 2.59. The Morgan fingerprint density at radius 3 is 2.45 bits per heavy atom. The van der Waals surface area contributed by atoms with Gasteiger partial charge >= 0.3 is 0 Å². The van der Waals surface area contributed by atoms with Crippen LogP contribution in [-0.2, 0) is 0 Å². The summed E-state index contributed by atoms with van der Waals surface area (Å²) in [6.07, 6.45) is 0.547. The second-order valence-corrected chi connectivity index (χ2v) is 6.03. The van der Waals surface area contributed by atoms with E-state index in [2.05, 4.69) is 23.6 Å². The maximum absolute atomic E-state index is 12.2. The van der Waals surface area contributed by atoms with Crippen LogP contribution in [0.2, 0.25) is 5.02 Å². The maximum Gasteiger partial charge on any atom is 0.165 e. The van der Waals surface area contributed by atoms with Crippen LogP contribution in [0.15, 0.2) is 24.3 Å². The van der Waals surface area contributed by atoms with Crippen LogP contribution < -0.4 is 0 Å². The highest BCUT2D eigenvalue weighted by Gasteiger charge is 2.19. The summed E-state index contributed by atoms with van der Waals surface area (Å²) >= 11 is 6.05. The van der Waals surface area contributed by atoms with Crippen LogP contribution in [0.5, 0.6) is 0 Å². The first kappa shape index (κ1) is 15.5. The summed E-state index contributed by atoms with van der Waals surface area (Å²) in [5.74, 6) is 0.141. The van der Waals surface area contributed by atoms with Crippen LogP contribution >= 0.6 is 11.6 Å². The molecule has 0 bridgehead atoms. The van der Waals surface area contributed by atoms with Crippen molar-refractivity contribution >= 4 is 17.4 Å². The summed E-state index contributed by atoms with van der Waals surface area (Å²) in [6, 6.07) is 7.91. The van der Waals surface area contributed by atoms with Crippen molar-refractivity contribution in [2.45, 2.75) is 26.3 Å². The molecule has 2 rings (SSSR count). The van der Waals surface area contributed by atoms with E-state index in [4.69, 9.17) is 11.6 Å². The third-order valence-electron chi connectivity index (χ3n) is 3.97. The number of carbonyl (C=O) groups is 1. The largest absolute Gasteiger partial charge is 0.300 e. The third-order valence-corrected chi connectivity index (χ3v) is 4.30. The van der Waals surface area contributed by atoms with Crippen LogP contribution in [0.1, 0.15) is 30.6 Å². The Balaban J connectivity index is 1.79. The lowest BCUT2D eigenvalue weighted by Crippen LogP contribution is -2.49. The summed E-state index contributed by atoms with van der Waals surface area (Å²) in [5, 5.41) is 0.558. The molecule has 4 heteroatoms. The lowest BCUT2D eigenvalue weighted by Gasteiger charge is -2.36. The van der Waals surface area contributed by atoms with Crippen molar-refractivity contribution in [2.75, 3.05) is 32.7 Å². The standard InChI is InChI=1S/C16H23ClN2O/c1-13(2)19-11-9-18(10-12-19)8-7-16(20)14-5-3-4-6-15(14)17/h3-6,13H,7-12H2,1-2H3. The van der Waals surface area contributed by atoms with Gasteiger partial charge in [0.25, 0.3) is 0 Å². The number of nitrogens with zero attached hydrogens (tertiary/aromatic N) is 2. The van der Waals surface area contributed by atoms with E-state index >= 15 is 0 Å². The van der Waals surface area contributed by atoms with E-state index in [1.54, 1.807) is 12.1 Å². The second-order valence-electron chi connectivity index (χ2n) is 5.62. The monoisotopic (exact) mass is 294 g/mol. The zero-order chi connectivity index (χ0) is 14.5. The Bertz CT molecular complexity index is 454. The molecule has 1 aliphatic heterocycles. The zero-order valence-electron chi connectivity index (χ0n) is 12.3. The fraction of sp³-hybridized carbons (Fsp3) is 0.562. The first-order chi connectivity index (χ1) is 9.58. The molecular weight excluding hydrogens is 272 g/mol. The Morgan fingerprint density at radius 1 is 1.20 bits per heavy atom. The number of Topliss-reactive ketones (excluding diaryl/α,β-unsaturated/α-hetero) is 1. The van der Waals surface area contributed by atoms with Crippen LogP contribution in [0.3, 0.4) is 0 Å². The van der Waals surface area contributed by atoms with Gasteiger partial charge in [-0.3, -0.25) is 9.69 Å². The minimum absolute atomic E-state index is 0.141. The molecule has 20 heavy (non-hydrogen) atoms. The molecule has 1 aromatic carbocycles. The minimum Gasteiger partial charge on any atom is -0.300 e. The van der Waals surface area contributed by atoms with Gasteiger partial charge < -0.3 is 4.90 Å². The lowest BCUT2D eigenvalue weighted by atomic mass is 10.1. The van der Waals surface area contributed by atoms with Crippen molar-refractivity contribution in [2.24, 2.45) is 0 Å². The van der Waals surface area contributed by atoms with Crippen molar-refractivity contribution < 1.29 is 4.79 Å². The maximum atomic E-state index is 12.2. The van der Waals surface area contributed by atoms with E-state index in [1.807, 2.05) is 12.1 Å². The van der Waals surface area contributed by atoms with E-state index < -0.39 is 0 Å². The molecular formula is C16H23ClN2O. The Hall–Kier alpha value is -0.900. The van der Waals surface area contributed by atoms with Gasteiger partial charge in [0.05, 0.1) is 5.02 Å². The van der Waals surface area contributed by atoms with Crippen LogP contribution in [0.25, 0.3) is 0 Å². The van der Waals surface area contributed by atoms with Crippen LogP contribution in [-0.4, -0.2) is 54.3 Å². The highest BCUT2D eigenvalue weighted by atomic mass is 35.5. The van der Waals surface area contributed by atoms with Gasteiger partial charge in [0, 0.05) is 50.7 Å². The molecule has 1 aliphatic rings. The average molecular weight is 295 g/mol. The third kappa shape index (κ3) is 4.05. The SMILES string of the molecule is CC(C)N1CCN(CCC(=O)c2ccccc2Cl)CC1. The number of hydrogen-bond donors (Lipinski definition) is 0. The molecule has 1 fully saturated rings. The molecule has 0 radical (unpaired) electrons. The number of carbonyl (C=O) groups excluding carboxylic acids is 1. The number of rotatable bonds is 5. The van der Waals surface area contributed by atoms with Gasteiger partial charge in [0.15, 0.2) is 5.78 Å². The van der Waals surface area contributed by atoms with E-state index in [-0.39, 0.29) is 5.78 Å². The van der Waals surface area contributed by atoms with Crippen LogP contribution in [0.4, 0.5) is 0 Å². The van der Waals surface area contributed by atoms with Crippen molar-refractivity contribution in [3.05, 3.63) is 34.9 Å². The molecule has 0 N–H and O–H groups in total. The van der Waals surface area contributed by atoms with Crippen molar-refractivity contribution in [1.29, 1.82) is 0 Å². The fourth-order valence-corrected chi connectivity index (χ4v) is 2.83. The van der Waals surface area contributed by atoms with Gasteiger partial charge in [-0.05, 0) is 26.0 Å². The predicted molar refractivity (Wildman–Crippen MR) is 83.5 cm³/mol. The van der Waals surface area contributed by atoms with Gasteiger partial charge in [-0.1, -0.05) is 23.7 Å². The summed E-state index contributed by atoms with van der Waals surface area (Å²) < 4.78 is 0. The number of hydrogen-bond acceptors (Lipinski definition) is 3. The minimum atomic E-state index is 0.141. The van der Waals surface area contributed by atoms with Gasteiger partial charge in [-0.25, -0.2) is 0 Å². The van der Waals surface area contributed by atoms with Crippen molar-refractivity contribution in [3.63, 3.8) is 0 Å². The highest BCUT2D eigenvalue weighted by molar-refractivity contribution is 6.33. The molecule has 0 atom stereocenters. The molecule has 110 valence electrons. The number of halogens is 1. The van der Waals surface area contributed by atoms with Crippen molar-refractivity contribution in [1.82, 2.24) is 9.80 Å². The second kappa shape index (κ2) is 7.21. The molecule has 1 heterocycles. The van der Waals surface area contributed by atoms with Crippen molar-refractivity contribution in [3.8, 4) is 0 Å². The Labute approximate surface area is 126 Å². The smallest absolute Gasteiger partial charge is 0.165 e. The van der Waals surface area contributed by atoms with Gasteiger partial charge in [0.2, 0.25) is 0 Å². The van der Waals surface area contributed by atoms with Gasteiger partial charge in [0.1, 0.15) is 0 Å². The number of piperazine rings is 1. The lowest BCUT2D eigenvalue weighted by molar-refractivity contribution is 0.0890. The quantitative estimate of drug-likeness (QED) is 0.780. The van der Waals surface area contributed by atoms with E-state index in [9.17, 15) is 4.79 Å². The molecule has 0 spiro atoms. The average Bonchev–Trinajstić information content (AvgIpc) is 2.45. The van der Waals surface area contributed by atoms with Gasteiger partial charge in [-0.2, -0.15) is 0 Å². The summed E-state index contributed by atoms with van der Waals surface area (Å²) in [7, 11) is 0. The highest BCUT2D eigenvalue weighted by Crippen LogP contribution is 2.17. The molecule has 1 saturated heterocycles. The first-order valence-corrected chi connectivity index (χ1v) is 7.70. The van der Waals surface area contributed by atoms with E-state index in [0.717, 1.165) is 32.7 Å². The molecule has 0 aliphatic carbocycles. The summed E-state index contributed by atoms with van der Waals surface area (Å²) in [4.78, 5) is 17.0. The Morgan fingerprint density at radius 2 is 1.85 bits per heavy atom. The summed E-state index contributed by atoms with van der Waals surface area (Å²) in [5.41, 5.74) is 0.648. The van der Waals surface area contributed by atoms with E-state index in [0.29, 0.717) is 23.0 Å². The molecule has 0 aromatic heterocycles.